The van der Waals surface area contributed by atoms with E-state index >= 15 is 0 Å². The van der Waals surface area contributed by atoms with Gasteiger partial charge in [-0.25, -0.2) is 13.2 Å². The van der Waals surface area contributed by atoms with Crippen LogP contribution >= 0.6 is 0 Å². The molecule has 8 nitrogen and oxygen atoms in total. The van der Waals surface area contributed by atoms with E-state index in [0.717, 1.165) is 24.8 Å². The van der Waals surface area contributed by atoms with Crippen LogP contribution in [-0.4, -0.2) is 55.4 Å². The lowest BCUT2D eigenvalue weighted by Gasteiger charge is -2.26. The molecule has 1 fully saturated rings. The molecule has 2 aromatic carbocycles. The molecule has 3 rings (SSSR count). The third-order valence-corrected chi connectivity index (χ3v) is 7.33. The minimum atomic E-state index is -3.76. The Hall–Kier alpha value is -2.91. The first-order chi connectivity index (χ1) is 16.0. The van der Waals surface area contributed by atoms with E-state index < -0.39 is 27.6 Å². The minimum absolute atomic E-state index is 0.00946. The first-order valence-corrected chi connectivity index (χ1v) is 12.8. The number of piperidine rings is 1. The van der Waals surface area contributed by atoms with Gasteiger partial charge in [0, 0.05) is 32.4 Å². The number of nitrogens with one attached hydrogen (secondary N) is 1. The molecule has 34 heavy (non-hydrogen) atoms. The van der Waals surface area contributed by atoms with E-state index in [0.29, 0.717) is 25.3 Å². The van der Waals surface area contributed by atoms with Gasteiger partial charge in [-0.15, -0.1) is 0 Å². The fourth-order valence-corrected chi connectivity index (χ4v) is 5.45. The Morgan fingerprint density at radius 2 is 1.71 bits per heavy atom. The average Bonchev–Trinajstić information content (AvgIpc) is 2.78. The van der Waals surface area contributed by atoms with Crippen molar-refractivity contribution in [3.05, 3.63) is 59.7 Å². The van der Waals surface area contributed by atoms with Crippen LogP contribution in [0.15, 0.2) is 53.4 Å². The second kappa shape index (κ2) is 10.6. The summed E-state index contributed by atoms with van der Waals surface area (Å²) in [4.78, 5) is 26.8. The van der Waals surface area contributed by atoms with Crippen molar-refractivity contribution in [1.29, 1.82) is 0 Å². The number of nitrogens with zero attached hydrogens (tertiary/aromatic N) is 2. The zero-order valence-electron chi connectivity index (χ0n) is 20.2. The summed E-state index contributed by atoms with van der Waals surface area (Å²) in [7, 11) is -2.12. The first kappa shape index (κ1) is 25.7. The SMILES string of the molecule is CN(Cc1cccc(NC(=O)c2ccccc2S(=O)(=O)N2CCCCC2)c1)C(=O)OC(C)(C)C. The number of sulfonamides is 1. The van der Waals surface area contributed by atoms with E-state index in [2.05, 4.69) is 5.32 Å². The van der Waals surface area contributed by atoms with E-state index in [1.165, 1.54) is 21.3 Å². The molecular weight excluding hydrogens is 454 g/mol. The Labute approximate surface area is 201 Å². The Balaban J connectivity index is 1.75. The fourth-order valence-electron chi connectivity index (χ4n) is 3.75. The van der Waals surface area contributed by atoms with Crippen molar-refractivity contribution in [3.8, 4) is 0 Å². The smallest absolute Gasteiger partial charge is 0.410 e. The Bertz CT molecular complexity index is 1140. The number of ether oxygens (including phenoxy) is 1. The summed E-state index contributed by atoms with van der Waals surface area (Å²) in [6, 6.07) is 13.3. The van der Waals surface area contributed by atoms with Crippen LogP contribution in [0.25, 0.3) is 0 Å². The van der Waals surface area contributed by atoms with Crippen LogP contribution in [0, 0.1) is 0 Å². The van der Waals surface area contributed by atoms with Gasteiger partial charge < -0.3 is 15.0 Å². The molecule has 2 amide bonds. The predicted octanol–water partition coefficient (Wildman–Crippen LogP) is 4.48. The lowest BCUT2D eigenvalue weighted by molar-refractivity contribution is 0.0285. The second-order valence-corrected chi connectivity index (χ2v) is 11.4. The molecule has 0 unspecified atom stereocenters. The van der Waals surface area contributed by atoms with Crippen LogP contribution in [-0.2, 0) is 21.3 Å². The van der Waals surface area contributed by atoms with Gasteiger partial charge in [0.2, 0.25) is 10.0 Å². The van der Waals surface area contributed by atoms with Crippen molar-refractivity contribution in [1.82, 2.24) is 9.21 Å². The molecule has 1 aliphatic heterocycles. The fraction of sp³-hybridized carbons (Fsp3) is 0.440. The van der Waals surface area contributed by atoms with Crippen LogP contribution in [0.5, 0.6) is 0 Å². The number of hydrogen-bond donors (Lipinski definition) is 1. The molecule has 184 valence electrons. The number of hydrogen-bond acceptors (Lipinski definition) is 5. The van der Waals surface area contributed by atoms with E-state index in [-0.39, 0.29) is 10.5 Å². The molecule has 0 atom stereocenters. The van der Waals surface area contributed by atoms with E-state index in [9.17, 15) is 18.0 Å². The topological polar surface area (TPSA) is 96.0 Å². The standard InChI is InChI=1S/C25H33N3O5S/c1-25(2,3)33-24(30)27(4)18-19-11-10-12-20(17-19)26-23(29)21-13-6-7-14-22(21)34(31,32)28-15-8-5-9-16-28/h6-7,10-14,17H,5,8-9,15-16,18H2,1-4H3,(H,26,29). The zero-order valence-corrected chi connectivity index (χ0v) is 21.0. The Kier molecular flexibility index (Phi) is 7.99. The molecule has 1 heterocycles. The summed E-state index contributed by atoms with van der Waals surface area (Å²) in [5, 5.41) is 2.80. The van der Waals surface area contributed by atoms with Gasteiger partial charge in [0.15, 0.2) is 0 Å². The quantitative estimate of drug-likeness (QED) is 0.648. The molecule has 0 aliphatic carbocycles. The lowest BCUT2D eigenvalue weighted by atomic mass is 10.1. The van der Waals surface area contributed by atoms with E-state index in [4.69, 9.17) is 4.74 Å². The lowest BCUT2D eigenvalue weighted by Crippen LogP contribution is -2.36. The highest BCUT2D eigenvalue weighted by atomic mass is 32.2. The van der Waals surface area contributed by atoms with Gasteiger partial charge in [-0.3, -0.25) is 4.79 Å². The van der Waals surface area contributed by atoms with Crippen molar-refractivity contribution < 1.29 is 22.7 Å². The number of amides is 2. The average molecular weight is 488 g/mol. The normalized spacial score (nSPS) is 14.9. The molecule has 0 aromatic heterocycles. The zero-order chi connectivity index (χ0) is 24.9. The number of benzene rings is 2. The van der Waals surface area contributed by atoms with Gasteiger partial charge in [0.25, 0.3) is 5.91 Å². The van der Waals surface area contributed by atoms with Crippen LogP contribution in [0.2, 0.25) is 0 Å². The van der Waals surface area contributed by atoms with Crippen molar-refractivity contribution in [2.75, 3.05) is 25.5 Å². The summed E-state index contributed by atoms with van der Waals surface area (Å²) < 4.78 is 33.2. The van der Waals surface area contributed by atoms with Gasteiger partial charge in [-0.1, -0.05) is 30.7 Å². The molecule has 0 radical (unpaired) electrons. The molecule has 0 spiro atoms. The van der Waals surface area contributed by atoms with Gasteiger partial charge in [-0.2, -0.15) is 4.31 Å². The number of carbonyl (C=O) groups excluding carboxylic acids is 2. The number of anilines is 1. The summed E-state index contributed by atoms with van der Waals surface area (Å²) in [5.41, 5.74) is 0.804. The molecule has 1 saturated heterocycles. The van der Waals surface area contributed by atoms with E-state index in [1.807, 2.05) is 6.07 Å². The molecule has 2 aromatic rings. The van der Waals surface area contributed by atoms with Gasteiger partial charge in [0.05, 0.1) is 10.5 Å². The Morgan fingerprint density at radius 3 is 2.38 bits per heavy atom. The first-order valence-electron chi connectivity index (χ1n) is 11.4. The summed E-state index contributed by atoms with van der Waals surface area (Å²) in [5.74, 6) is -0.506. The third kappa shape index (κ3) is 6.57. The second-order valence-electron chi connectivity index (χ2n) is 9.45. The van der Waals surface area contributed by atoms with Crippen molar-refractivity contribution in [2.45, 2.75) is 57.1 Å². The minimum Gasteiger partial charge on any atom is -0.444 e. The molecule has 9 heteroatoms. The van der Waals surface area contributed by atoms with Crippen LogP contribution in [0.4, 0.5) is 10.5 Å². The maximum Gasteiger partial charge on any atom is 0.410 e. The molecule has 1 aliphatic rings. The van der Waals surface area contributed by atoms with Crippen molar-refractivity contribution in [3.63, 3.8) is 0 Å². The van der Waals surface area contributed by atoms with E-state index in [1.54, 1.807) is 58.2 Å². The Morgan fingerprint density at radius 1 is 1.03 bits per heavy atom. The highest BCUT2D eigenvalue weighted by molar-refractivity contribution is 7.89. The van der Waals surface area contributed by atoms with Crippen LogP contribution in [0.3, 0.4) is 0 Å². The number of rotatable bonds is 6. The molecule has 0 saturated carbocycles. The van der Waals surface area contributed by atoms with Crippen molar-refractivity contribution >= 4 is 27.7 Å². The third-order valence-electron chi connectivity index (χ3n) is 5.37. The summed E-state index contributed by atoms with van der Waals surface area (Å²) in [6.45, 7) is 6.63. The molecular formula is C25H33N3O5S. The monoisotopic (exact) mass is 487 g/mol. The van der Waals surface area contributed by atoms with Gasteiger partial charge in [-0.05, 0) is 63.4 Å². The largest absolute Gasteiger partial charge is 0.444 e. The number of carbonyl (C=O) groups is 2. The summed E-state index contributed by atoms with van der Waals surface area (Å²) in [6.07, 6.45) is 2.20. The van der Waals surface area contributed by atoms with Gasteiger partial charge >= 0.3 is 6.09 Å². The summed E-state index contributed by atoms with van der Waals surface area (Å²) >= 11 is 0. The van der Waals surface area contributed by atoms with Crippen molar-refractivity contribution in [2.24, 2.45) is 0 Å². The van der Waals surface area contributed by atoms with Crippen LogP contribution < -0.4 is 5.32 Å². The maximum atomic E-state index is 13.2. The van der Waals surface area contributed by atoms with Gasteiger partial charge in [0.1, 0.15) is 5.60 Å². The maximum absolute atomic E-state index is 13.2. The predicted molar refractivity (Wildman–Crippen MR) is 131 cm³/mol. The highest BCUT2D eigenvalue weighted by Crippen LogP contribution is 2.24. The van der Waals surface area contributed by atoms with Crippen LogP contribution in [0.1, 0.15) is 56.0 Å². The molecule has 0 bridgehead atoms. The highest BCUT2D eigenvalue weighted by Gasteiger charge is 2.29. The molecule has 1 N–H and O–H groups in total.